The minimum atomic E-state index is -0.849. The predicted molar refractivity (Wildman–Crippen MR) is 118 cm³/mol. The number of aliphatic hydroxyl groups is 2. The molecule has 2 N–H and O–H groups in total. The smallest absolute Gasteiger partial charge is 0.335 e. The molecule has 9 atom stereocenters. The van der Waals surface area contributed by atoms with Crippen molar-refractivity contribution in [2.24, 2.45) is 28.6 Å². The van der Waals surface area contributed by atoms with E-state index >= 15 is 0 Å². The molecule has 6 heteroatoms. The molecule has 4 aliphatic carbocycles. The number of hydrogen-bond acceptors (Lipinski definition) is 6. The second-order valence-corrected chi connectivity index (χ2v) is 11.5. The van der Waals surface area contributed by atoms with Crippen LogP contribution in [0.25, 0.3) is 0 Å². The van der Waals surface area contributed by atoms with Gasteiger partial charge in [-0.2, -0.15) is 0 Å². The summed E-state index contributed by atoms with van der Waals surface area (Å²) in [7, 11) is 0. The number of carbonyl (C=O) groups is 1. The van der Waals surface area contributed by atoms with Crippen molar-refractivity contribution in [1.82, 2.24) is 0 Å². The summed E-state index contributed by atoms with van der Waals surface area (Å²) in [6.07, 6.45) is 7.57. The molecule has 0 unspecified atom stereocenters. The molecular formula is C26H36O6. The molecule has 1 aromatic heterocycles. The lowest BCUT2D eigenvalue weighted by Gasteiger charge is -2.65. The van der Waals surface area contributed by atoms with Crippen LogP contribution >= 0.6 is 0 Å². The first-order chi connectivity index (χ1) is 15.1. The molecule has 176 valence electrons. The maximum atomic E-state index is 12.3. The van der Waals surface area contributed by atoms with E-state index in [1.807, 2.05) is 6.07 Å². The third kappa shape index (κ3) is 3.05. The van der Waals surface area contributed by atoms with Crippen LogP contribution in [0.5, 0.6) is 0 Å². The van der Waals surface area contributed by atoms with Crippen LogP contribution in [0, 0.1) is 28.6 Å². The number of carbonyl (C=O) groups excluding carboxylic acids is 1. The second-order valence-electron chi connectivity index (χ2n) is 11.5. The Morgan fingerprint density at radius 1 is 1.16 bits per heavy atom. The summed E-state index contributed by atoms with van der Waals surface area (Å²) in [4.78, 5) is 23.0. The topological polar surface area (TPSA) is 97.0 Å². The number of fused-ring (bicyclic) bond motifs is 5. The Bertz CT molecular complexity index is 935. The standard InChI is InChI=1S/C26H36O6/c1-15(27)32-18-8-10-24(2)17(12-18)5-6-20-23(24)21(28)13-25(3)19(9-11-26(20,25)30)16-4-7-22(29)31-14-16/h4,7,14,17-21,23,28,30H,5-6,8-13H2,1-3H3/t17-,18+,19-,20-,21-,23-,24+,25-,26+/m1/s1. The van der Waals surface area contributed by atoms with Gasteiger partial charge in [0.2, 0.25) is 0 Å². The molecule has 6 nitrogen and oxygen atoms in total. The van der Waals surface area contributed by atoms with Crippen LogP contribution in [0.3, 0.4) is 0 Å². The molecule has 0 amide bonds. The van der Waals surface area contributed by atoms with E-state index in [0.29, 0.717) is 18.8 Å². The molecule has 0 aromatic carbocycles. The number of hydrogen-bond donors (Lipinski definition) is 2. The van der Waals surface area contributed by atoms with E-state index in [1.54, 1.807) is 0 Å². The lowest BCUT2D eigenvalue weighted by atomic mass is 9.42. The molecular weight excluding hydrogens is 408 g/mol. The van der Waals surface area contributed by atoms with Crippen LogP contribution in [0.15, 0.2) is 27.6 Å². The van der Waals surface area contributed by atoms with Crippen molar-refractivity contribution in [2.75, 3.05) is 0 Å². The Morgan fingerprint density at radius 2 is 1.94 bits per heavy atom. The van der Waals surface area contributed by atoms with Crippen LogP contribution in [-0.4, -0.2) is 34.0 Å². The third-order valence-corrected chi connectivity index (χ3v) is 10.2. The van der Waals surface area contributed by atoms with Crippen LogP contribution < -0.4 is 5.63 Å². The van der Waals surface area contributed by atoms with Gasteiger partial charge in [0.25, 0.3) is 0 Å². The largest absolute Gasteiger partial charge is 0.463 e. The molecule has 32 heavy (non-hydrogen) atoms. The Kier molecular flexibility index (Phi) is 5.14. The zero-order valence-electron chi connectivity index (χ0n) is 19.4. The summed E-state index contributed by atoms with van der Waals surface area (Å²) >= 11 is 0. The molecule has 0 spiro atoms. The fourth-order valence-electron chi connectivity index (χ4n) is 8.73. The molecule has 4 saturated carbocycles. The quantitative estimate of drug-likeness (QED) is 0.674. The first-order valence-electron chi connectivity index (χ1n) is 12.2. The monoisotopic (exact) mass is 444 g/mol. The van der Waals surface area contributed by atoms with Gasteiger partial charge in [0.1, 0.15) is 6.10 Å². The molecule has 0 radical (unpaired) electrons. The van der Waals surface area contributed by atoms with E-state index in [0.717, 1.165) is 44.1 Å². The maximum Gasteiger partial charge on any atom is 0.335 e. The molecule has 0 bridgehead atoms. The number of aliphatic hydroxyl groups excluding tert-OH is 1. The van der Waals surface area contributed by atoms with E-state index < -0.39 is 17.1 Å². The Hall–Kier alpha value is -1.66. The van der Waals surface area contributed by atoms with Crippen LogP contribution in [0.1, 0.15) is 83.6 Å². The summed E-state index contributed by atoms with van der Waals surface area (Å²) in [5.74, 6) is 0.320. The van der Waals surface area contributed by atoms with Crippen LogP contribution in [0.4, 0.5) is 0 Å². The van der Waals surface area contributed by atoms with E-state index in [-0.39, 0.29) is 40.9 Å². The van der Waals surface area contributed by atoms with Gasteiger partial charge >= 0.3 is 11.6 Å². The lowest BCUT2D eigenvalue weighted by molar-refractivity contribution is -0.240. The average molecular weight is 445 g/mol. The summed E-state index contributed by atoms with van der Waals surface area (Å²) < 4.78 is 10.7. The number of esters is 1. The van der Waals surface area contributed by atoms with Crippen molar-refractivity contribution in [3.05, 3.63) is 34.4 Å². The van der Waals surface area contributed by atoms with E-state index in [9.17, 15) is 19.8 Å². The van der Waals surface area contributed by atoms with Gasteiger partial charge in [0.05, 0.1) is 18.0 Å². The summed E-state index contributed by atoms with van der Waals surface area (Å²) in [5, 5.41) is 23.9. The highest BCUT2D eigenvalue weighted by Crippen LogP contribution is 2.70. The van der Waals surface area contributed by atoms with Crippen molar-refractivity contribution >= 4 is 5.97 Å². The maximum absolute atomic E-state index is 12.3. The minimum absolute atomic E-state index is 0.0280. The first kappa shape index (κ1) is 22.1. The van der Waals surface area contributed by atoms with Crippen molar-refractivity contribution < 1.29 is 24.2 Å². The van der Waals surface area contributed by atoms with Gasteiger partial charge in [-0.3, -0.25) is 4.79 Å². The molecule has 1 aromatic rings. The van der Waals surface area contributed by atoms with Crippen molar-refractivity contribution in [2.45, 2.75) is 95.9 Å². The second kappa shape index (κ2) is 7.42. The van der Waals surface area contributed by atoms with E-state index in [4.69, 9.17) is 9.15 Å². The van der Waals surface area contributed by atoms with Gasteiger partial charge in [0, 0.05) is 18.4 Å². The third-order valence-electron chi connectivity index (χ3n) is 10.2. The molecule has 0 aliphatic heterocycles. The average Bonchev–Trinajstić information content (AvgIpc) is 2.99. The Labute approximate surface area is 189 Å². The zero-order valence-corrected chi connectivity index (χ0v) is 19.4. The van der Waals surface area contributed by atoms with Gasteiger partial charge in [0.15, 0.2) is 0 Å². The SMILES string of the molecule is CC(=O)O[C@H]1CC[C@@]2(C)[C@H](CC[C@@H]3[C@@H]2[C@H](O)C[C@]2(C)[C@@H](c4ccc(=O)oc4)CC[C@]32O)C1. The van der Waals surface area contributed by atoms with Crippen molar-refractivity contribution in [3.8, 4) is 0 Å². The van der Waals surface area contributed by atoms with Gasteiger partial charge in [-0.25, -0.2) is 4.79 Å². The predicted octanol–water partition coefficient (Wildman–Crippen LogP) is 3.78. The van der Waals surface area contributed by atoms with Gasteiger partial charge in [-0.05, 0) is 92.1 Å². The Balaban J connectivity index is 1.45. The van der Waals surface area contributed by atoms with Gasteiger partial charge < -0.3 is 19.4 Å². The highest BCUT2D eigenvalue weighted by Gasteiger charge is 2.69. The minimum Gasteiger partial charge on any atom is -0.463 e. The summed E-state index contributed by atoms with van der Waals surface area (Å²) in [6.45, 7) is 5.90. The number of rotatable bonds is 2. The van der Waals surface area contributed by atoms with E-state index in [1.165, 1.54) is 19.3 Å². The fourth-order valence-corrected chi connectivity index (χ4v) is 8.73. The molecule has 1 heterocycles. The summed E-state index contributed by atoms with van der Waals surface area (Å²) in [5.41, 5.74) is -0.806. The highest BCUT2D eigenvalue weighted by atomic mass is 16.5. The normalized spacial score (nSPS) is 47.8. The lowest BCUT2D eigenvalue weighted by Crippen LogP contribution is -2.66. The number of ether oxygens (including phenoxy) is 1. The summed E-state index contributed by atoms with van der Waals surface area (Å²) in [6, 6.07) is 3.27. The first-order valence-corrected chi connectivity index (χ1v) is 12.2. The van der Waals surface area contributed by atoms with Crippen molar-refractivity contribution in [1.29, 1.82) is 0 Å². The molecule has 0 saturated heterocycles. The fraction of sp³-hybridized carbons (Fsp3) is 0.769. The van der Waals surface area contributed by atoms with Crippen molar-refractivity contribution in [3.63, 3.8) is 0 Å². The molecule has 4 fully saturated rings. The van der Waals surface area contributed by atoms with Gasteiger partial charge in [-0.1, -0.05) is 13.8 Å². The van der Waals surface area contributed by atoms with Crippen LogP contribution in [-0.2, 0) is 9.53 Å². The van der Waals surface area contributed by atoms with Gasteiger partial charge in [-0.15, -0.1) is 0 Å². The Morgan fingerprint density at radius 3 is 2.62 bits per heavy atom. The van der Waals surface area contributed by atoms with Crippen LogP contribution in [0.2, 0.25) is 0 Å². The zero-order chi connectivity index (χ0) is 22.9. The highest BCUT2D eigenvalue weighted by molar-refractivity contribution is 5.66. The van der Waals surface area contributed by atoms with E-state index in [2.05, 4.69) is 13.8 Å². The molecule has 5 rings (SSSR count). The molecule has 4 aliphatic rings.